The summed E-state index contributed by atoms with van der Waals surface area (Å²) in [6.45, 7) is 0. The van der Waals surface area contributed by atoms with Crippen LogP contribution in [0.15, 0.2) is 231 Å². The van der Waals surface area contributed by atoms with Crippen LogP contribution in [-0.4, -0.2) is 19.9 Å². The van der Waals surface area contributed by atoms with Crippen LogP contribution in [0.3, 0.4) is 0 Å². The molecule has 0 amide bonds. The third kappa shape index (κ3) is 7.19. The van der Waals surface area contributed by atoms with Crippen LogP contribution in [0.2, 0.25) is 0 Å². The smallest absolute Gasteiger partial charge is 0.164 e. The Kier molecular flexibility index (Phi) is 9.92. The van der Waals surface area contributed by atoms with Crippen molar-refractivity contribution >= 4 is 0 Å². The predicted molar refractivity (Wildman–Crippen MR) is 247 cm³/mol. The van der Waals surface area contributed by atoms with E-state index in [9.17, 15) is 0 Å². The Bertz CT molecular complexity index is 2940. The molecule has 0 saturated carbocycles. The lowest BCUT2D eigenvalue weighted by Gasteiger charge is -2.23. The van der Waals surface area contributed by atoms with E-state index in [-0.39, 0.29) is 0 Å². The number of pyridine rings is 1. The second-order valence-electron chi connectivity index (χ2n) is 14.6. The van der Waals surface area contributed by atoms with Crippen LogP contribution in [-0.2, 0) is 0 Å². The fourth-order valence-electron chi connectivity index (χ4n) is 7.96. The van der Waals surface area contributed by atoms with Crippen LogP contribution in [0.4, 0.5) is 0 Å². The van der Waals surface area contributed by atoms with Crippen LogP contribution in [0.25, 0.3) is 101 Å². The van der Waals surface area contributed by atoms with E-state index in [1.807, 2.05) is 42.5 Å². The molecule has 0 aliphatic rings. The zero-order valence-electron chi connectivity index (χ0n) is 32.7. The third-order valence-electron chi connectivity index (χ3n) is 10.7. The zero-order valence-corrected chi connectivity index (χ0v) is 32.7. The van der Waals surface area contributed by atoms with E-state index in [1.54, 1.807) is 0 Å². The Morgan fingerprint density at radius 2 is 0.550 bits per heavy atom. The number of aromatic nitrogens is 4. The van der Waals surface area contributed by atoms with Crippen LogP contribution in [0.1, 0.15) is 0 Å². The summed E-state index contributed by atoms with van der Waals surface area (Å²) < 4.78 is 0. The minimum atomic E-state index is 0.590. The highest BCUT2D eigenvalue weighted by atomic mass is 15.0. The number of hydrogen-bond donors (Lipinski definition) is 0. The summed E-state index contributed by atoms with van der Waals surface area (Å²) in [5.74, 6) is 1.81. The second kappa shape index (κ2) is 16.4. The summed E-state index contributed by atoms with van der Waals surface area (Å²) in [4.78, 5) is 21.2. The van der Waals surface area contributed by atoms with Crippen molar-refractivity contribution < 1.29 is 0 Å². The molecule has 0 radical (unpaired) electrons. The fourth-order valence-corrected chi connectivity index (χ4v) is 7.96. The Morgan fingerprint density at radius 3 is 1.05 bits per heavy atom. The monoisotopic (exact) mass is 766 g/mol. The van der Waals surface area contributed by atoms with Gasteiger partial charge in [-0.25, -0.2) is 19.9 Å². The molecular weight excluding hydrogens is 729 g/mol. The first-order valence-electron chi connectivity index (χ1n) is 20.2. The van der Waals surface area contributed by atoms with E-state index in [2.05, 4.69) is 188 Å². The van der Waals surface area contributed by atoms with Crippen LogP contribution < -0.4 is 0 Å². The average molecular weight is 767 g/mol. The van der Waals surface area contributed by atoms with Gasteiger partial charge in [-0.05, 0) is 33.9 Å². The van der Waals surface area contributed by atoms with Crippen molar-refractivity contribution in [3.8, 4) is 101 Å². The quantitative estimate of drug-likeness (QED) is 0.147. The second-order valence-corrected chi connectivity index (χ2v) is 14.6. The lowest BCUT2D eigenvalue weighted by Crippen LogP contribution is -2.02. The zero-order chi connectivity index (χ0) is 40.1. The molecule has 0 spiro atoms. The molecular formula is C56H38N4. The molecule has 0 unspecified atom stereocenters. The van der Waals surface area contributed by atoms with Gasteiger partial charge < -0.3 is 0 Å². The Labute approximate surface area is 350 Å². The molecule has 4 nitrogen and oxygen atoms in total. The van der Waals surface area contributed by atoms with E-state index in [0.29, 0.717) is 17.5 Å². The number of nitrogens with zero attached hydrogens (tertiary/aromatic N) is 4. The van der Waals surface area contributed by atoms with Gasteiger partial charge in [0, 0.05) is 44.5 Å². The largest absolute Gasteiger partial charge is 0.246 e. The van der Waals surface area contributed by atoms with Crippen molar-refractivity contribution in [1.29, 1.82) is 0 Å². The molecule has 0 aliphatic carbocycles. The molecule has 0 aliphatic heterocycles. The maximum atomic E-state index is 5.62. The molecule has 2 heterocycles. The molecule has 2 aromatic heterocycles. The van der Waals surface area contributed by atoms with Crippen molar-refractivity contribution in [2.45, 2.75) is 0 Å². The highest BCUT2D eigenvalue weighted by Crippen LogP contribution is 2.49. The molecule has 0 atom stereocenters. The van der Waals surface area contributed by atoms with Crippen molar-refractivity contribution in [3.05, 3.63) is 231 Å². The van der Waals surface area contributed by atoms with Gasteiger partial charge in [0.25, 0.3) is 0 Å². The Hall–Kier alpha value is -8.08. The fraction of sp³-hybridized carbons (Fsp3) is 0. The van der Waals surface area contributed by atoms with Gasteiger partial charge in [0.2, 0.25) is 0 Å². The predicted octanol–water partition coefficient (Wildman–Crippen LogP) is 14.3. The topological polar surface area (TPSA) is 51.6 Å². The maximum Gasteiger partial charge on any atom is 0.164 e. The van der Waals surface area contributed by atoms with E-state index in [4.69, 9.17) is 19.9 Å². The Balaban J connectivity index is 1.27. The first kappa shape index (κ1) is 36.3. The lowest BCUT2D eigenvalue weighted by molar-refractivity contribution is 1.07. The molecule has 0 fully saturated rings. The highest BCUT2D eigenvalue weighted by molar-refractivity contribution is 6.05. The maximum absolute atomic E-state index is 5.62. The number of hydrogen-bond acceptors (Lipinski definition) is 4. The van der Waals surface area contributed by atoms with Crippen molar-refractivity contribution in [2.24, 2.45) is 0 Å². The molecule has 10 rings (SSSR count). The third-order valence-corrected chi connectivity index (χ3v) is 10.7. The van der Waals surface area contributed by atoms with Gasteiger partial charge in [0.15, 0.2) is 17.5 Å². The molecule has 8 aromatic carbocycles. The first-order valence-corrected chi connectivity index (χ1v) is 20.2. The van der Waals surface area contributed by atoms with Gasteiger partial charge in [-0.15, -0.1) is 0 Å². The van der Waals surface area contributed by atoms with Gasteiger partial charge in [-0.3, -0.25) is 0 Å². The SMILES string of the molecule is c1ccc(-c2nc(-c3cccc(-c4c(-c5ccccc5)c(-c5ccccc5)nc(-c5ccccc5)c4-c4ccccc4)c3)nc(-c3ccccc3-c3ccccc3)n2)cc1. The van der Waals surface area contributed by atoms with Gasteiger partial charge in [0.1, 0.15) is 0 Å². The molecule has 282 valence electrons. The van der Waals surface area contributed by atoms with Crippen LogP contribution in [0.5, 0.6) is 0 Å². The number of rotatable bonds is 9. The van der Waals surface area contributed by atoms with E-state index < -0.39 is 0 Å². The van der Waals surface area contributed by atoms with Gasteiger partial charge in [-0.2, -0.15) is 0 Å². The van der Waals surface area contributed by atoms with E-state index in [1.165, 1.54) is 0 Å². The van der Waals surface area contributed by atoms with Crippen LogP contribution in [0, 0.1) is 0 Å². The summed E-state index contributed by atoms with van der Waals surface area (Å²) in [5.41, 5.74) is 15.1. The summed E-state index contributed by atoms with van der Waals surface area (Å²) in [6.07, 6.45) is 0. The van der Waals surface area contributed by atoms with Crippen LogP contribution >= 0.6 is 0 Å². The van der Waals surface area contributed by atoms with Gasteiger partial charge >= 0.3 is 0 Å². The van der Waals surface area contributed by atoms with Crippen molar-refractivity contribution in [2.75, 3.05) is 0 Å². The Morgan fingerprint density at radius 1 is 0.200 bits per heavy atom. The molecule has 0 saturated heterocycles. The van der Waals surface area contributed by atoms with Crippen molar-refractivity contribution in [3.63, 3.8) is 0 Å². The number of benzene rings is 8. The van der Waals surface area contributed by atoms with Gasteiger partial charge in [-0.1, -0.05) is 224 Å². The highest BCUT2D eigenvalue weighted by Gasteiger charge is 2.26. The standard InChI is InChI=1S/C56H38N4/c1-7-22-39(23-8-1)47-36-19-20-37-48(47)56-59-54(44-32-17-6-18-33-44)58-55(60-56)46-35-21-34-45(38-46)49-50(40-24-9-2-10-25-40)52(42-28-13-4-14-29-42)57-53(43-30-15-5-16-31-43)51(49)41-26-11-3-12-27-41/h1-38H. The van der Waals surface area contributed by atoms with E-state index in [0.717, 1.165) is 83.7 Å². The van der Waals surface area contributed by atoms with Gasteiger partial charge in [0.05, 0.1) is 11.4 Å². The molecule has 4 heteroatoms. The summed E-state index contributed by atoms with van der Waals surface area (Å²) in [7, 11) is 0. The summed E-state index contributed by atoms with van der Waals surface area (Å²) >= 11 is 0. The molecule has 60 heavy (non-hydrogen) atoms. The molecule has 10 aromatic rings. The lowest BCUT2D eigenvalue weighted by atomic mass is 9.83. The van der Waals surface area contributed by atoms with Crippen molar-refractivity contribution in [1.82, 2.24) is 19.9 Å². The normalized spacial score (nSPS) is 11.0. The first-order chi connectivity index (χ1) is 29.8. The summed E-state index contributed by atoms with van der Waals surface area (Å²) in [5, 5.41) is 0. The summed E-state index contributed by atoms with van der Waals surface area (Å²) in [6, 6.07) is 79.8. The molecule has 0 bridgehead atoms. The minimum absolute atomic E-state index is 0.590. The molecule has 0 N–H and O–H groups in total. The minimum Gasteiger partial charge on any atom is -0.246 e. The van der Waals surface area contributed by atoms with E-state index >= 15 is 0 Å². The average Bonchev–Trinajstić information content (AvgIpc) is 3.35.